The number of carboxylic acid groups (broad SMARTS) is 1. The second kappa shape index (κ2) is 8.87. The Bertz CT molecular complexity index is 532. The number of benzene rings is 1. The number of carbonyl (C=O) groups excluding carboxylic acids is 1. The van der Waals surface area contributed by atoms with Crippen LogP contribution in [0.1, 0.15) is 25.3 Å². The Morgan fingerprint density at radius 2 is 1.70 bits per heavy atom. The molecular weight excluding hydrogens is 302 g/mol. The minimum Gasteiger partial charge on any atom is -0.493 e. The summed E-state index contributed by atoms with van der Waals surface area (Å²) in [4.78, 5) is 22.8. The average Bonchev–Trinajstić information content (AvgIpc) is 2.56. The molecule has 0 saturated carbocycles. The zero-order valence-corrected chi connectivity index (χ0v) is 13.8. The number of aryl methyl sites for hydroxylation is 1. The molecule has 0 aliphatic heterocycles. The minimum atomic E-state index is -1.03. The van der Waals surface area contributed by atoms with E-state index in [4.69, 9.17) is 19.3 Å². The Morgan fingerprint density at radius 3 is 2.09 bits per heavy atom. The number of carbonyl (C=O) groups is 2. The monoisotopic (exact) mass is 325 g/mol. The third kappa shape index (κ3) is 5.05. The molecule has 1 amide bonds. The summed E-state index contributed by atoms with van der Waals surface area (Å²) in [5.74, 6) is 0.167. The normalized spacial score (nSPS) is 11.5. The van der Waals surface area contributed by atoms with Gasteiger partial charge in [0.25, 0.3) is 0 Å². The number of carboxylic acids is 1. The van der Waals surface area contributed by atoms with Crippen molar-refractivity contribution in [3.63, 3.8) is 0 Å². The van der Waals surface area contributed by atoms with Gasteiger partial charge in [0.05, 0.1) is 21.3 Å². The molecule has 0 aromatic heterocycles. The highest BCUT2D eigenvalue weighted by atomic mass is 16.5. The Morgan fingerprint density at radius 1 is 1.13 bits per heavy atom. The first-order valence-corrected chi connectivity index (χ1v) is 7.27. The number of methoxy groups -OCH3 is 3. The van der Waals surface area contributed by atoms with Crippen LogP contribution in [0.2, 0.25) is 0 Å². The van der Waals surface area contributed by atoms with Gasteiger partial charge in [-0.3, -0.25) is 4.79 Å². The fraction of sp³-hybridized carbons (Fsp3) is 0.500. The first-order chi connectivity index (χ1) is 11.0. The van der Waals surface area contributed by atoms with E-state index in [0.29, 0.717) is 30.1 Å². The van der Waals surface area contributed by atoms with E-state index in [2.05, 4.69) is 5.32 Å². The van der Waals surface area contributed by atoms with Crippen molar-refractivity contribution in [3.05, 3.63) is 17.7 Å². The summed E-state index contributed by atoms with van der Waals surface area (Å²) in [7, 11) is 4.56. The smallest absolute Gasteiger partial charge is 0.326 e. The molecule has 0 heterocycles. The predicted molar refractivity (Wildman–Crippen MR) is 84.3 cm³/mol. The summed E-state index contributed by atoms with van der Waals surface area (Å²) < 4.78 is 15.8. The Labute approximate surface area is 135 Å². The highest BCUT2D eigenvalue weighted by Gasteiger charge is 2.18. The second-order valence-corrected chi connectivity index (χ2v) is 4.90. The maximum absolute atomic E-state index is 11.9. The first-order valence-electron chi connectivity index (χ1n) is 7.27. The van der Waals surface area contributed by atoms with Crippen molar-refractivity contribution in [3.8, 4) is 17.2 Å². The van der Waals surface area contributed by atoms with Gasteiger partial charge in [0.15, 0.2) is 11.5 Å². The minimum absolute atomic E-state index is 0.169. The molecule has 1 atom stereocenters. The van der Waals surface area contributed by atoms with Gasteiger partial charge in [-0.15, -0.1) is 0 Å². The van der Waals surface area contributed by atoms with Crippen LogP contribution in [0.25, 0.3) is 0 Å². The number of nitrogens with one attached hydrogen (secondary N) is 1. The zero-order chi connectivity index (χ0) is 17.4. The van der Waals surface area contributed by atoms with Crippen LogP contribution in [-0.2, 0) is 16.0 Å². The number of hydrogen-bond acceptors (Lipinski definition) is 5. The molecule has 1 aromatic carbocycles. The molecule has 0 saturated heterocycles. The van der Waals surface area contributed by atoms with E-state index in [1.807, 2.05) is 0 Å². The van der Waals surface area contributed by atoms with Gasteiger partial charge in [0.1, 0.15) is 6.04 Å². The standard InChI is InChI=1S/C16H23NO6/c1-5-11(16(19)20)17-14(18)7-6-10-8-12(21-2)15(23-4)13(9-10)22-3/h8-9,11H,5-7H2,1-4H3,(H,17,18)(H,19,20). The summed E-state index contributed by atoms with van der Waals surface area (Å²) in [5, 5.41) is 11.4. The predicted octanol–water partition coefficient (Wildman–Crippen LogP) is 1.62. The number of hydrogen-bond donors (Lipinski definition) is 2. The SMILES string of the molecule is CCC(NC(=O)CCc1cc(OC)c(OC)c(OC)c1)C(=O)O. The van der Waals surface area contributed by atoms with Gasteiger partial charge < -0.3 is 24.6 Å². The van der Waals surface area contributed by atoms with Crippen LogP contribution >= 0.6 is 0 Å². The third-order valence-corrected chi connectivity index (χ3v) is 3.41. The molecule has 1 aromatic rings. The topological polar surface area (TPSA) is 94.1 Å². The molecule has 128 valence electrons. The largest absolute Gasteiger partial charge is 0.493 e. The van der Waals surface area contributed by atoms with Gasteiger partial charge in [-0.2, -0.15) is 0 Å². The van der Waals surface area contributed by atoms with Gasteiger partial charge in [0, 0.05) is 6.42 Å². The van der Waals surface area contributed by atoms with Crippen LogP contribution in [0.3, 0.4) is 0 Å². The van der Waals surface area contributed by atoms with Crippen molar-refractivity contribution < 1.29 is 28.9 Å². The highest BCUT2D eigenvalue weighted by molar-refractivity contribution is 5.83. The summed E-state index contributed by atoms with van der Waals surface area (Å²) in [6.07, 6.45) is 0.937. The Kier molecular flexibility index (Phi) is 7.18. The van der Waals surface area contributed by atoms with Gasteiger partial charge in [-0.1, -0.05) is 6.92 Å². The average molecular weight is 325 g/mol. The lowest BCUT2D eigenvalue weighted by molar-refractivity contribution is -0.141. The molecule has 1 rings (SSSR count). The van der Waals surface area contributed by atoms with Crippen LogP contribution in [0.4, 0.5) is 0 Å². The molecule has 1 unspecified atom stereocenters. The van der Waals surface area contributed by atoms with E-state index in [-0.39, 0.29) is 12.3 Å². The summed E-state index contributed by atoms with van der Waals surface area (Å²) in [6.45, 7) is 1.71. The van der Waals surface area contributed by atoms with E-state index in [9.17, 15) is 9.59 Å². The molecule has 0 fully saturated rings. The molecule has 7 heteroatoms. The van der Waals surface area contributed by atoms with Gasteiger partial charge in [-0.25, -0.2) is 4.79 Å². The molecule has 0 spiro atoms. The number of aliphatic carboxylic acids is 1. The van der Waals surface area contributed by atoms with Gasteiger partial charge in [-0.05, 0) is 30.5 Å². The van der Waals surface area contributed by atoms with E-state index >= 15 is 0 Å². The highest BCUT2D eigenvalue weighted by Crippen LogP contribution is 2.38. The molecule has 7 nitrogen and oxygen atoms in total. The number of rotatable bonds is 9. The number of ether oxygens (including phenoxy) is 3. The molecule has 0 bridgehead atoms. The summed E-state index contributed by atoms with van der Waals surface area (Å²) in [5.41, 5.74) is 0.832. The lowest BCUT2D eigenvalue weighted by Crippen LogP contribution is -2.40. The number of amides is 1. The maximum Gasteiger partial charge on any atom is 0.326 e. The molecular formula is C16H23NO6. The third-order valence-electron chi connectivity index (χ3n) is 3.41. The fourth-order valence-corrected chi connectivity index (χ4v) is 2.14. The molecule has 0 radical (unpaired) electrons. The summed E-state index contributed by atoms with van der Waals surface area (Å²) in [6, 6.07) is 2.68. The lowest BCUT2D eigenvalue weighted by Gasteiger charge is -2.15. The first kappa shape index (κ1) is 18.6. The molecule has 23 heavy (non-hydrogen) atoms. The quantitative estimate of drug-likeness (QED) is 0.716. The van der Waals surface area contributed by atoms with Crippen molar-refractivity contribution in [1.82, 2.24) is 5.32 Å². The maximum atomic E-state index is 11.9. The van der Waals surface area contributed by atoms with Crippen molar-refractivity contribution >= 4 is 11.9 Å². The van der Waals surface area contributed by atoms with Crippen LogP contribution in [-0.4, -0.2) is 44.4 Å². The molecule has 0 aliphatic rings. The Balaban J connectivity index is 2.78. The van der Waals surface area contributed by atoms with Crippen molar-refractivity contribution in [1.29, 1.82) is 0 Å². The second-order valence-electron chi connectivity index (χ2n) is 4.90. The van der Waals surface area contributed by atoms with Gasteiger partial charge in [0.2, 0.25) is 11.7 Å². The summed E-state index contributed by atoms with van der Waals surface area (Å²) >= 11 is 0. The van der Waals surface area contributed by atoms with E-state index < -0.39 is 12.0 Å². The fourth-order valence-electron chi connectivity index (χ4n) is 2.14. The zero-order valence-electron chi connectivity index (χ0n) is 13.8. The molecule has 2 N–H and O–H groups in total. The van der Waals surface area contributed by atoms with Crippen LogP contribution in [0, 0.1) is 0 Å². The van der Waals surface area contributed by atoms with Crippen molar-refractivity contribution in [2.45, 2.75) is 32.2 Å². The van der Waals surface area contributed by atoms with Crippen molar-refractivity contribution in [2.24, 2.45) is 0 Å². The van der Waals surface area contributed by atoms with E-state index in [1.54, 1.807) is 19.1 Å². The van der Waals surface area contributed by atoms with Crippen LogP contribution in [0.5, 0.6) is 17.2 Å². The van der Waals surface area contributed by atoms with Crippen LogP contribution < -0.4 is 19.5 Å². The van der Waals surface area contributed by atoms with E-state index in [0.717, 1.165) is 5.56 Å². The molecule has 0 aliphatic carbocycles. The van der Waals surface area contributed by atoms with Crippen LogP contribution in [0.15, 0.2) is 12.1 Å². The van der Waals surface area contributed by atoms with Crippen molar-refractivity contribution in [2.75, 3.05) is 21.3 Å². The van der Waals surface area contributed by atoms with E-state index in [1.165, 1.54) is 21.3 Å². The van der Waals surface area contributed by atoms with Gasteiger partial charge >= 0.3 is 5.97 Å². The Hall–Kier alpha value is -2.44. The lowest BCUT2D eigenvalue weighted by atomic mass is 10.1.